The maximum atomic E-state index is 4.39. The van der Waals surface area contributed by atoms with E-state index in [4.69, 9.17) is 0 Å². The van der Waals surface area contributed by atoms with Gasteiger partial charge in [0.2, 0.25) is 0 Å². The van der Waals surface area contributed by atoms with Gasteiger partial charge in [-0.05, 0) is 45.8 Å². The van der Waals surface area contributed by atoms with Gasteiger partial charge < -0.3 is 10.3 Å². The minimum Gasteiger partial charge on any atom is -0.379 e. The molecule has 0 aliphatic rings. The zero-order valence-electron chi connectivity index (χ0n) is 10.7. The molecule has 0 unspecified atom stereocenters. The normalized spacial score (nSPS) is 10.4. The third kappa shape index (κ3) is 3.05. The van der Waals surface area contributed by atoms with Crippen molar-refractivity contribution in [1.29, 1.82) is 0 Å². The number of benzene rings is 1. The molecule has 100 valence electrons. The summed E-state index contributed by atoms with van der Waals surface area (Å²) in [5, 5.41) is 3.35. The molecule has 0 bridgehead atoms. The van der Waals surface area contributed by atoms with Crippen molar-refractivity contribution in [2.24, 2.45) is 0 Å². The molecule has 2 heterocycles. The first-order valence-electron chi connectivity index (χ1n) is 6.25. The lowest BCUT2D eigenvalue weighted by Crippen LogP contribution is -2.01. The Kier molecular flexibility index (Phi) is 3.78. The molecule has 0 aliphatic carbocycles. The molecule has 2 N–H and O–H groups in total. The number of pyridine rings is 1. The highest BCUT2D eigenvalue weighted by Crippen LogP contribution is 2.19. The monoisotopic (exact) mass is 328 g/mol. The Bertz CT molecular complexity index is 677. The van der Waals surface area contributed by atoms with E-state index >= 15 is 0 Å². The second kappa shape index (κ2) is 5.88. The topological polar surface area (TPSA) is 53.6 Å². The second-order valence-electron chi connectivity index (χ2n) is 4.35. The van der Waals surface area contributed by atoms with Gasteiger partial charge in [0.05, 0.1) is 30.5 Å². The number of hydrogen-bond acceptors (Lipinski definition) is 3. The summed E-state index contributed by atoms with van der Waals surface area (Å²) in [4.78, 5) is 11.5. The highest BCUT2D eigenvalue weighted by atomic mass is 79.9. The quantitative estimate of drug-likeness (QED) is 0.715. The predicted octanol–water partition coefficient (Wildman–Crippen LogP) is 3.85. The van der Waals surface area contributed by atoms with E-state index in [9.17, 15) is 0 Å². The standard InChI is InChI=1S/C15H13BrN4/c16-15-3-1-2-13(20-15)8-18-12-6-4-11(5-7-12)14-9-17-10-19-14/h1-7,9-10,18H,8H2,(H,17,19). The Hall–Kier alpha value is -2.14. The average Bonchev–Trinajstić information content (AvgIpc) is 3.00. The van der Waals surface area contributed by atoms with Crippen molar-refractivity contribution >= 4 is 21.6 Å². The summed E-state index contributed by atoms with van der Waals surface area (Å²) < 4.78 is 0.853. The second-order valence-corrected chi connectivity index (χ2v) is 5.16. The van der Waals surface area contributed by atoms with Crippen LogP contribution in [-0.4, -0.2) is 15.0 Å². The fourth-order valence-corrected chi connectivity index (χ4v) is 2.30. The lowest BCUT2D eigenvalue weighted by atomic mass is 10.1. The number of rotatable bonds is 4. The summed E-state index contributed by atoms with van der Waals surface area (Å²) in [5.41, 5.74) is 4.20. The van der Waals surface area contributed by atoms with E-state index in [1.54, 1.807) is 6.33 Å². The van der Waals surface area contributed by atoms with Crippen LogP contribution in [0.2, 0.25) is 0 Å². The molecule has 20 heavy (non-hydrogen) atoms. The van der Waals surface area contributed by atoms with E-state index < -0.39 is 0 Å². The van der Waals surface area contributed by atoms with Gasteiger partial charge in [-0.3, -0.25) is 0 Å². The number of imidazole rings is 1. The first-order chi connectivity index (χ1) is 9.81. The van der Waals surface area contributed by atoms with Gasteiger partial charge in [0.25, 0.3) is 0 Å². The molecule has 3 aromatic rings. The van der Waals surface area contributed by atoms with Crippen molar-refractivity contribution in [2.75, 3.05) is 5.32 Å². The maximum absolute atomic E-state index is 4.39. The van der Waals surface area contributed by atoms with Crippen LogP contribution in [0, 0.1) is 0 Å². The van der Waals surface area contributed by atoms with Gasteiger partial charge in [0.1, 0.15) is 4.60 Å². The molecular formula is C15H13BrN4. The molecule has 0 fully saturated rings. The zero-order chi connectivity index (χ0) is 13.8. The molecule has 0 aliphatic heterocycles. The number of aromatic amines is 1. The summed E-state index contributed by atoms with van der Waals surface area (Å²) in [5.74, 6) is 0. The fourth-order valence-electron chi connectivity index (χ4n) is 1.92. The molecule has 0 atom stereocenters. The third-order valence-electron chi connectivity index (χ3n) is 2.94. The van der Waals surface area contributed by atoms with Gasteiger partial charge in [-0.25, -0.2) is 9.97 Å². The highest BCUT2D eigenvalue weighted by Gasteiger charge is 2.00. The van der Waals surface area contributed by atoms with Crippen LogP contribution in [0.25, 0.3) is 11.3 Å². The SMILES string of the molecule is Brc1cccc(CNc2ccc(-c3cnc[nH]3)cc2)n1. The van der Waals surface area contributed by atoms with Gasteiger partial charge in [0.15, 0.2) is 0 Å². The molecular weight excluding hydrogens is 316 g/mol. The van der Waals surface area contributed by atoms with Crippen LogP contribution < -0.4 is 5.32 Å². The molecule has 3 rings (SSSR count). The summed E-state index contributed by atoms with van der Waals surface area (Å²) >= 11 is 3.37. The van der Waals surface area contributed by atoms with Crippen LogP contribution in [0.4, 0.5) is 5.69 Å². The van der Waals surface area contributed by atoms with Crippen molar-refractivity contribution in [3.8, 4) is 11.3 Å². The molecule has 4 nitrogen and oxygen atoms in total. The van der Waals surface area contributed by atoms with E-state index in [1.165, 1.54) is 0 Å². The number of nitrogens with zero attached hydrogens (tertiary/aromatic N) is 2. The first-order valence-corrected chi connectivity index (χ1v) is 7.05. The van der Waals surface area contributed by atoms with Crippen LogP contribution in [0.5, 0.6) is 0 Å². The number of nitrogens with one attached hydrogen (secondary N) is 2. The first kappa shape index (κ1) is 12.9. The Balaban J connectivity index is 1.67. The lowest BCUT2D eigenvalue weighted by molar-refractivity contribution is 1.03. The lowest BCUT2D eigenvalue weighted by Gasteiger charge is -2.07. The van der Waals surface area contributed by atoms with Crippen LogP contribution >= 0.6 is 15.9 Å². The third-order valence-corrected chi connectivity index (χ3v) is 3.38. The largest absolute Gasteiger partial charge is 0.379 e. The van der Waals surface area contributed by atoms with Crippen LogP contribution in [0.15, 0.2) is 59.6 Å². The van der Waals surface area contributed by atoms with Crippen LogP contribution in [-0.2, 0) is 6.54 Å². The summed E-state index contributed by atoms with van der Waals surface area (Å²) in [6.07, 6.45) is 3.49. The molecule has 0 radical (unpaired) electrons. The number of aromatic nitrogens is 3. The van der Waals surface area contributed by atoms with Gasteiger partial charge in [-0.2, -0.15) is 0 Å². The molecule has 0 spiro atoms. The number of H-pyrrole nitrogens is 1. The maximum Gasteiger partial charge on any atom is 0.106 e. The zero-order valence-corrected chi connectivity index (χ0v) is 12.3. The number of anilines is 1. The Morgan fingerprint density at radius 3 is 2.65 bits per heavy atom. The van der Waals surface area contributed by atoms with Crippen LogP contribution in [0.1, 0.15) is 5.69 Å². The van der Waals surface area contributed by atoms with Crippen LogP contribution in [0.3, 0.4) is 0 Å². The minimum absolute atomic E-state index is 0.697. The van der Waals surface area contributed by atoms with Gasteiger partial charge >= 0.3 is 0 Å². The van der Waals surface area contributed by atoms with Crippen molar-refractivity contribution in [3.63, 3.8) is 0 Å². The summed E-state index contributed by atoms with van der Waals surface area (Å²) in [7, 11) is 0. The molecule has 2 aromatic heterocycles. The molecule has 0 amide bonds. The summed E-state index contributed by atoms with van der Waals surface area (Å²) in [6.45, 7) is 0.697. The predicted molar refractivity (Wildman–Crippen MR) is 83.3 cm³/mol. The minimum atomic E-state index is 0.697. The Labute approximate surface area is 125 Å². The van der Waals surface area contributed by atoms with Crippen molar-refractivity contribution in [2.45, 2.75) is 6.54 Å². The van der Waals surface area contributed by atoms with Gasteiger partial charge in [-0.1, -0.05) is 18.2 Å². The van der Waals surface area contributed by atoms with E-state index in [-0.39, 0.29) is 0 Å². The van der Waals surface area contributed by atoms with Gasteiger partial charge in [0, 0.05) is 5.69 Å². The Morgan fingerprint density at radius 2 is 1.95 bits per heavy atom. The number of halogens is 1. The molecule has 5 heteroatoms. The van der Waals surface area contributed by atoms with E-state index in [0.29, 0.717) is 6.54 Å². The molecule has 1 aromatic carbocycles. The number of hydrogen-bond donors (Lipinski definition) is 2. The van der Waals surface area contributed by atoms with Crippen molar-refractivity contribution in [1.82, 2.24) is 15.0 Å². The van der Waals surface area contributed by atoms with Gasteiger partial charge in [-0.15, -0.1) is 0 Å². The van der Waals surface area contributed by atoms with E-state index in [1.807, 2.05) is 36.5 Å². The molecule has 0 saturated carbocycles. The fraction of sp³-hybridized carbons (Fsp3) is 0.0667. The van der Waals surface area contributed by atoms with E-state index in [0.717, 1.165) is 27.2 Å². The van der Waals surface area contributed by atoms with E-state index in [2.05, 4.69) is 48.3 Å². The van der Waals surface area contributed by atoms with Crippen molar-refractivity contribution in [3.05, 3.63) is 65.3 Å². The summed E-state index contributed by atoms with van der Waals surface area (Å²) in [6, 6.07) is 14.1. The highest BCUT2D eigenvalue weighted by molar-refractivity contribution is 9.10. The average molecular weight is 329 g/mol. The smallest absolute Gasteiger partial charge is 0.106 e. The molecule has 0 saturated heterocycles. The Morgan fingerprint density at radius 1 is 1.10 bits per heavy atom. The van der Waals surface area contributed by atoms with Crippen molar-refractivity contribution < 1.29 is 0 Å².